The molecule has 0 aromatic carbocycles. The van der Waals surface area contributed by atoms with Gasteiger partial charge in [0.25, 0.3) is 0 Å². The minimum Gasteiger partial charge on any atom is -0.383 e. The van der Waals surface area contributed by atoms with Crippen molar-refractivity contribution in [2.75, 3.05) is 6.67 Å². The summed E-state index contributed by atoms with van der Waals surface area (Å²) < 4.78 is 49.3. The SMILES string of the molecule is CCCCCC(C)(CF)C(O)C(F)(F)F. The molecular weight excluding hydrogens is 212 g/mol. The molecule has 0 fully saturated rings. The van der Waals surface area contributed by atoms with E-state index in [1.54, 1.807) is 0 Å². The maximum absolute atomic E-state index is 12.6. The van der Waals surface area contributed by atoms with Gasteiger partial charge in [-0.1, -0.05) is 33.1 Å². The van der Waals surface area contributed by atoms with E-state index >= 15 is 0 Å². The van der Waals surface area contributed by atoms with Gasteiger partial charge in [-0.2, -0.15) is 13.2 Å². The molecule has 0 radical (unpaired) electrons. The quantitative estimate of drug-likeness (QED) is 0.547. The number of rotatable bonds is 6. The van der Waals surface area contributed by atoms with Crippen LogP contribution in [0.3, 0.4) is 0 Å². The van der Waals surface area contributed by atoms with Gasteiger partial charge in [0.2, 0.25) is 0 Å². The van der Waals surface area contributed by atoms with Crippen molar-refractivity contribution in [3.8, 4) is 0 Å². The molecule has 0 spiro atoms. The molecule has 0 bridgehead atoms. The van der Waals surface area contributed by atoms with Crippen LogP contribution in [0.25, 0.3) is 0 Å². The first-order chi connectivity index (χ1) is 6.78. The van der Waals surface area contributed by atoms with Gasteiger partial charge in [-0.15, -0.1) is 0 Å². The molecule has 0 aliphatic carbocycles. The Morgan fingerprint density at radius 2 is 1.73 bits per heavy atom. The van der Waals surface area contributed by atoms with Gasteiger partial charge in [-0.05, 0) is 6.42 Å². The first kappa shape index (κ1) is 14.7. The zero-order valence-electron chi connectivity index (χ0n) is 9.07. The summed E-state index contributed by atoms with van der Waals surface area (Å²) in [5, 5.41) is 9.04. The van der Waals surface area contributed by atoms with Gasteiger partial charge >= 0.3 is 6.18 Å². The number of alkyl halides is 4. The summed E-state index contributed by atoms with van der Waals surface area (Å²) in [4.78, 5) is 0. The number of aliphatic hydroxyl groups excluding tert-OH is 1. The molecule has 0 rings (SSSR count). The predicted molar refractivity (Wildman–Crippen MR) is 50.3 cm³/mol. The van der Waals surface area contributed by atoms with Crippen LogP contribution >= 0.6 is 0 Å². The lowest BCUT2D eigenvalue weighted by molar-refractivity contribution is -0.240. The fourth-order valence-corrected chi connectivity index (χ4v) is 1.45. The van der Waals surface area contributed by atoms with Gasteiger partial charge in [-0.3, -0.25) is 4.39 Å². The number of aliphatic hydroxyl groups is 1. The second kappa shape index (κ2) is 5.68. The molecular formula is C10H18F4O. The van der Waals surface area contributed by atoms with Crippen molar-refractivity contribution in [1.29, 1.82) is 0 Å². The maximum atomic E-state index is 12.6. The summed E-state index contributed by atoms with van der Waals surface area (Å²) in [7, 11) is 0. The van der Waals surface area contributed by atoms with E-state index in [9.17, 15) is 17.6 Å². The second-order valence-corrected chi connectivity index (χ2v) is 4.19. The topological polar surface area (TPSA) is 20.2 Å². The van der Waals surface area contributed by atoms with Gasteiger partial charge in [0.05, 0.1) is 6.67 Å². The Labute approximate surface area is 87.5 Å². The molecule has 2 unspecified atom stereocenters. The fourth-order valence-electron chi connectivity index (χ4n) is 1.45. The Morgan fingerprint density at radius 3 is 2.07 bits per heavy atom. The van der Waals surface area contributed by atoms with Crippen LogP contribution in [0.5, 0.6) is 0 Å². The zero-order chi connectivity index (χ0) is 12.1. The molecule has 5 heteroatoms. The van der Waals surface area contributed by atoms with Crippen molar-refractivity contribution >= 4 is 0 Å². The van der Waals surface area contributed by atoms with E-state index in [1.165, 1.54) is 0 Å². The van der Waals surface area contributed by atoms with Crippen LogP contribution in [-0.2, 0) is 0 Å². The molecule has 0 aliphatic heterocycles. The van der Waals surface area contributed by atoms with Crippen molar-refractivity contribution in [2.24, 2.45) is 5.41 Å². The smallest absolute Gasteiger partial charge is 0.383 e. The van der Waals surface area contributed by atoms with E-state index in [2.05, 4.69) is 0 Å². The Hall–Kier alpha value is -0.320. The highest BCUT2D eigenvalue weighted by Crippen LogP contribution is 2.38. The molecule has 1 N–H and O–H groups in total. The summed E-state index contributed by atoms with van der Waals surface area (Å²) >= 11 is 0. The average molecular weight is 230 g/mol. The van der Waals surface area contributed by atoms with Crippen molar-refractivity contribution in [3.05, 3.63) is 0 Å². The van der Waals surface area contributed by atoms with E-state index in [-0.39, 0.29) is 6.42 Å². The largest absolute Gasteiger partial charge is 0.414 e. The molecule has 1 nitrogen and oxygen atoms in total. The first-order valence-electron chi connectivity index (χ1n) is 5.08. The van der Waals surface area contributed by atoms with Crippen LogP contribution in [-0.4, -0.2) is 24.1 Å². The standard InChI is InChI=1S/C10H18F4O/c1-3-4-5-6-9(2,7-11)8(15)10(12,13)14/h8,15H,3-7H2,1-2H3. The fraction of sp³-hybridized carbons (Fsp3) is 1.00. The van der Waals surface area contributed by atoms with Crippen LogP contribution in [0.1, 0.15) is 39.5 Å². The second-order valence-electron chi connectivity index (χ2n) is 4.19. The van der Waals surface area contributed by atoms with Crippen molar-refractivity contribution in [3.63, 3.8) is 0 Å². The van der Waals surface area contributed by atoms with Gasteiger partial charge in [0.1, 0.15) is 0 Å². The van der Waals surface area contributed by atoms with Crippen molar-refractivity contribution in [1.82, 2.24) is 0 Å². The molecule has 0 saturated heterocycles. The molecule has 92 valence electrons. The van der Waals surface area contributed by atoms with Crippen molar-refractivity contribution in [2.45, 2.75) is 51.8 Å². The molecule has 15 heavy (non-hydrogen) atoms. The number of halogens is 4. The van der Waals surface area contributed by atoms with E-state index in [1.807, 2.05) is 6.92 Å². The van der Waals surface area contributed by atoms with E-state index in [4.69, 9.17) is 5.11 Å². The molecule has 0 heterocycles. The predicted octanol–water partition coefficient (Wildman–Crippen LogP) is 3.47. The monoisotopic (exact) mass is 230 g/mol. The normalized spacial score (nSPS) is 18.6. The van der Waals surface area contributed by atoms with E-state index in [0.717, 1.165) is 19.8 Å². The van der Waals surface area contributed by atoms with Crippen LogP contribution < -0.4 is 0 Å². The van der Waals surface area contributed by atoms with Gasteiger partial charge in [0.15, 0.2) is 6.10 Å². The summed E-state index contributed by atoms with van der Waals surface area (Å²) in [6.07, 6.45) is -5.16. The van der Waals surface area contributed by atoms with Crippen LogP contribution in [0, 0.1) is 5.41 Å². The summed E-state index contributed by atoms with van der Waals surface area (Å²) in [5.74, 6) is 0. The van der Waals surface area contributed by atoms with Crippen LogP contribution in [0.15, 0.2) is 0 Å². The highest BCUT2D eigenvalue weighted by atomic mass is 19.4. The lowest BCUT2D eigenvalue weighted by Crippen LogP contribution is -2.45. The molecule has 0 amide bonds. The third kappa shape index (κ3) is 4.36. The van der Waals surface area contributed by atoms with Crippen molar-refractivity contribution < 1.29 is 22.7 Å². The third-order valence-electron chi connectivity index (χ3n) is 2.63. The number of hydrogen-bond donors (Lipinski definition) is 1. The van der Waals surface area contributed by atoms with E-state index in [0.29, 0.717) is 6.42 Å². The summed E-state index contributed by atoms with van der Waals surface area (Å²) in [6, 6.07) is 0. The molecule has 0 aromatic rings. The molecule has 0 saturated carbocycles. The number of hydrogen-bond acceptors (Lipinski definition) is 1. The lowest BCUT2D eigenvalue weighted by atomic mass is 9.80. The average Bonchev–Trinajstić information content (AvgIpc) is 2.15. The summed E-state index contributed by atoms with van der Waals surface area (Å²) in [6.45, 7) is 1.89. The molecule has 0 aliphatic rings. The third-order valence-corrected chi connectivity index (χ3v) is 2.63. The Bertz CT molecular complexity index is 181. The minimum atomic E-state index is -4.74. The summed E-state index contributed by atoms with van der Waals surface area (Å²) in [5.41, 5.74) is -1.70. The first-order valence-corrected chi connectivity index (χ1v) is 5.08. The van der Waals surface area contributed by atoms with Gasteiger partial charge in [0, 0.05) is 5.41 Å². The molecule has 0 aromatic heterocycles. The highest BCUT2D eigenvalue weighted by Gasteiger charge is 2.49. The van der Waals surface area contributed by atoms with Crippen LogP contribution in [0.4, 0.5) is 17.6 Å². The Balaban J connectivity index is 4.41. The molecule has 2 atom stereocenters. The lowest BCUT2D eigenvalue weighted by Gasteiger charge is -2.33. The van der Waals surface area contributed by atoms with Gasteiger partial charge < -0.3 is 5.11 Å². The highest BCUT2D eigenvalue weighted by molar-refractivity contribution is 4.86. The van der Waals surface area contributed by atoms with Gasteiger partial charge in [-0.25, -0.2) is 0 Å². The Morgan fingerprint density at radius 1 is 1.20 bits per heavy atom. The van der Waals surface area contributed by atoms with E-state index < -0.39 is 24.4 Å². The Kier molecular flexibility index (Phi) is 5.56. The minimum absolute atomic E-state index is 0.0536. The zero-order valence-corrected chi connectivity index (χ0v) is 9.07. The van der Waals surface area contributed by atoms with Crippen LogP contribution in [0.2, 0.25) is 0 Å². The number of unbranched alkanes of at least 4 members (excludes halogenated alkanes) is 2. The maximum Gasteiger partial charge on any atom is 0.414 e.